The minimum absolute atomic E-state index is 0.815. The molecular weight excluding hydrogens is 530 g/mol. The molecule has 252 valence electrons. The van der Waals surface area contributed by atoms with Crippen LogP contribution in [0.4, 0.5) is 0 Å². The second kappa shape index (κ2) is 31.4. The van der Waals surface area contributed by atoms with Crippen molar-refractivity contribution in [3.8, 4) is 0 Å². The number of quaternary nitrogens is 1. The van der Waals surface area contributed by atoms with Gasteiger partial charge >= 0.3 is 0 Å². The van der Waals surface area contributed by atoms with Crippen molar-refractivity contribution in [1.29, 1.82) is 0 Å². The molecule has 0 saturated heterocycles. The van der Waals surface area contributed by atoms with Crippen molar-refractivity contribution in [3.63, 3.8) is 0 Å². The Morgan fingerprint density at radius 1 is 0.386 bits per heavy atom. The first kappa shape index (κ1) is 40.4. The van der Waals surface area contributed by atoms with Gasteiger partial charge in [0.25, 0.3) is 0 Å². The molecule has 0 aliphatic heterocycles. The lowest BCUT2D eigenvalue weighted by molar-refractivity contribution is -0.788. The van der Waals surface area contributed by atoms with E-state index in [9.17, 15) is 0 Å². The second-order valence-corrected chi connectivity index (χ2v) is 13.6. The van der Waals surface area contributed by atoms with E-state index in [1.165, 1.54) is 179 Å². The van der Waals surface area contributed by atoms with Crippen molar-refractivity contribution in [3.05, 3.63) is 72.7 Å². The van der Waals surface area contributed by atoms with Gasteiger partial charge in [-0.1, -0.05) is 186 Å². The SMILES string of the molecule is CCCCCCCCCC/C=C\[N+](/C=C/CCCCCCCCCC)(/C=C/CCCCCCCCCC)Cc1ccccc1. The molecule has 0 radical (unpaired) electrons. The van der Waals surface area contributed by atoms with Gasteiger partial charge in [0, 0.05) is 5.56 Å². The number of rotatable bonds is 32. The Kier molecular flexibility index (Phi) is 28.8. The molecular formula is C43H76N+. The Morgan fingerprint density at radius 3 is 1.00 bits per heavy atom. The minimum atomic E-state index is 0.815. The fourth-order valence-electron chi connectivity index (χ4n) is 6.21. The summed E-state index contributed by atoms with van der Waals surface area (Å²) in [4.78, 5) is 0. The second-order valence-electron chi connectivity index (χ2n) is 13.6. The monoisotopic (exact) mass is 607 g/mol. The summed E-state index contributed by atoms with van der Waals surface area (Å²) in [7, 11) is 0. The van der Waals surface area contributed by atoms with Crippen molar-refractivity contribution < 1.29 is 4.48 Å². The molecule has 0 spiro atoms. The Morgan fingerprint density at radius 2 is 0.682 bits per heavy atom. The van der Waals surface area contributed by atoms with Gasteiger partial charge in [0.05, 0.1) is 0 Å². The van der Waals surface area contributed by atoms with E-state index in [1.807, 2.05) is 0 Å². The fourth-order valence-corrected chi connectivity index (χ4v) is 6.21. The van der Waals surface area contributed by atoms with E-state index in [1.54, 1.807) is 0 Å². The van der Waals surface area contributed by atoms with Gasteiger partial charge in [-0.25, -0.2) is 4.48 Å². The first-order valence-electron chi connectivity index (χ1n) is 19.7. The van der Waals surface area contributed by atoms with Crippen LogP contribution in [0.5, 0.6) is 0 Å². The van der Waals surface area contributed by atoms with Gasteiger partial charge in [-0.15, -0.1) is 0 Å². The van der Waals surface area contributed by atoms with Crippen LogP contribution in [0.25, 0.3) is 0 Å². The van der Waals surface area contributed by atoms with Crippen LogP contribution in [-0.4, -0.2) is 4.48 Å². The molecule has 0 heterocycles. The summed E-state index contributed by atoms with van der Waals surface area (Å²) in [6, 6.07) is 11.1. The van der Waals surface area contributed by atoms with Crippen LogP contribution in [0, 0.1) is 0 Å². The first-order valence-corrected chi connectivity index (χ1v) is 19.7. The molecule has 44 heavy (non-hydrogen) atoms. The molecule has 0 unspecified atom stereocenters. The highest BCUT2D eigenvalue weighted by Crippen LogP contribution is 2.22. The normalized spacial score (nSPS) is 12.4. The molecule has 0 aliphatic rings. The third-order valence-electron chi connectivity index (χ3n) is 9.12. The molecule has 1 nitrogen and oxygen atoms in total. The van der Waals surface area contributed by atoms with E-state index in [0.717, 1.165) is 11.0 Å². The molecule has 0 aromatic heterocycles. The van der Waals surface area contributed by atoms with Crippen LogP contribution in [0.15, 0.2) is 67.2 Å². The lowest BCUT2D eigenvalue weighted by Crippen LogP contribution is -2.30. The van der Waals surface area contributed by atoms with E-state index in [0.29, 0.717) is 0 Å². The molecule has 1 aromatic rings. The molecule has 1 aromatic carbocycles. The van der Waals surface area contributed by atoms with Gasteiger partial charge in [-0.3, -0.25) is 0 Å². The van der Waals surface area contributed by atoms with E-state index in [4.69, 9.17) is 0 Å². The molecule has 0 amide bonds. The van der Waals surface area contributed by atoms with Crippen LogP contribution in [-0.2, 0) is 6.54 Å². The Hall–Kier alpha value is -1.60. The van der Waals surface area contributed by atoms with Crippen LogP contribution in [0.3, 0.4) is 0 Å². The van der Waals surface area contributed by atoms with E-state index in [-0.39, 0.29) is 0 Å². The van der Waals surface area contributed by atoms with Gasteiger partial charge in [0.15, 0.2) is 0 Å². The molecule has 0 saturated carbocycles. The van der Waals surface area contributed by atoms with Crippen LogP contribution < -0.4 is 0 Å². The molecule has 1 rings (SSSR count). The zero-order valence-corrected chi connectivity index (χ0v) is 30.1. The van der Waals surface area contributed by atoms with Gasteiger partial charge in [0.2, 0.25) is 0 Å². The van der Waals surface area contributed by atoms with Crippen LogP contribution in [0.2, 0.25) is 0 Å². The maximum absolute atomic E-state index is 2.50. The van der Waals surface area contributed by atoms with Gasteiger partial charge < -0.3 is 0 Å². The highest BCUT2D eigenvalue weighted by atomic mass is 15.3. The first-order chi connectivity index (χ1) is 21.8. The van der Waals surface area contributed by atoms with Gasteiger partial charge in [-0.2, -0.15) is 0 Å². The standard InChI is InChI=1S/C43H76N/c1-4-7-10-13-16-19-22-25-28-34-39-44(42-43-37-32-31-33-38-43,40-35-29-26-23-20-17-14-11-8-5-2)41-36-30-27-24-21-18-15-12-9-6-3/h31-41H,4-30,42H2,1-3H3/q+1/b39-34-,40-35+,41-36+. The minimum Gasteiger partial charge on any atom is -0.242 e. The third-order valence-corrected chi connectivity index (χ3v) is 9.12. The predicted molar refractivity (Wildman–Crippen MR) is 200 cm³/mol. The summed E-state index contributed by atoms with van der Waals surface area (Å²) >= 11 is 0. The zero-order chi connectivity index (χ0) is 31.7. The smallest absolute Gasteiger partial charge is 0.117 e. The maximum Gasteiger partial charge on any atom is 0.117 e. The molecule has 0 aliphatic carbocycles. The molecule has 0 atom stereocenters. The lowest BCUT2D eigenvalue weighted by atomic mass is 10.1. The number of allylic oxidation sites excluding steroid dienone is 3. The summed E-state index contributed by atoms with van der Waals surface area (Å²) in [5.74, 6) is 0. The van der Waals surface area contributed by atoms with Crippen LogP contribution in [0.1, 0.15) is 200 Å². The Labute approximate surface area is 277 Å². The number of hydrogen-bond donors (Lipinski definition) is 0. The summed E-state index contributed by atoms with van der Waals surface area (Å²) in [6.45, 7) is 7.91. The van der Waals surface area contributed by atoms with Crippen molar-refractivity contribution in [1.82, 2.24) is 0 Å². The highest BCUT2D eigenvalue weighted by molar-refractivity contribution is 5.14. The van der Waals surface area contributed by atoms with Crippen molar-refractivity contribution in [2.24, 2.45) is 0 Å². The van der Waals surface area contributed by atoms with E-state index in [2.05, 4.69) is 87.9 Å². The summed E-state index contributed by atoms with van der Waals surface area (Å²) in [5.41, 5.74) is 1.41. The number of hydrogen-bond acceptors (Lipinski definition) is 0. The predicted octanol–water partition coefficient (Wildman–Crippen LogP) is 15.1. The Balaban J connectivity index is 2.75. The van der Waals surface area contributed by atoms with Gasteiger partial charge in [-0.05, 0) is 56.8 Å². The summed E-state index contributed by atoms with van der Waals surface area (Å²) in [6.07, 6.45) is 51.9. The van der Waals surface area contributed by atoms with Gasteiger partial charge in [0.1, 0.15) is 25.1 Å². The average Bonchev–Trinajstić information content (AvgIpc) is 3.04. The quantitative estimate of drug-likeness (QED) is 0.0565. The molecule has 0 N–H and O–H groups in total. The number of unbranched alkanes of at least 4 members (excludes halogenated alkanes) is 24. The number of benzene rings is 1. The summed E-state index contributed by atoms with van der Waals surface area (Å²) < 4.78 is 0.815. The third kappa shape index (κ3) is 24.7. The van der Waals surface area contributed by atoms with E-state index >= 15 is 0 Å². The molecule has 1 heteroatoms. The molecule has 0 bridgehead atoms. The van der Waals surface area contributed by atoms with Crippen molar-refractivity contribution >= 4 is 0 Å². The van der Waals surface area contributed by atoms with E-state index < -0.39 is 0 Å². The maximum atomic E-state index is 2.50. The largest absolute Gasteiger partial charge is 0.242 e. The fraction of sp³-hybridized carbons (Fsp3) is 0.721. The van der Waals surface area contributed by atoms with Crippen molar-refractivity contribution in [2.45, 2.75) is 201 Å². The van der Waals surface area contributed by atoms with Crippen LogP contribution >= 0.6 is 0 Å². The number of nitrogens with zero attached hydrogens (tertiary/aromatic N) is 1. The average molecular weight is 607 g/mol. The Bertz CT molecular complexity index is 714. The topological polar surface area (TPSA) is 0 Å². The summed E-state index contributed by atoms with van der Waals surface area (Å²) in [5, 5.41) is 0. The lowest BCUT2D eigenvalue weighted by Gasteiger charge is -2.27. The van der Waals surface area contributed by atoms with Crippen molar-refractivity contribution in [2.75, 3.05) is 0 Å². The highest BCUT2D eigenvalue weighted by Gasteiger charge is 2.19. The molecule has 0 fully saturated rings. The zero-order valence-electron chi connectivity index (χ0n) is 30.1.